The van der Waals surface area contributed by atoms with Gasteiger partial charge >= 0.3 is 5.97 Å². The molecule has 1 heterocycles. The van der Waals surface area contributed by atoms with Crippen molar-refractivity contribution in [2.75, 3.05) is 13.2 Å². The molecule has 6 heteroatoms. The van der Waals surface area contributed by atoms with Gasteiger partial charge in [0.05, 0.1) is 17.1 Å². The molecule has 0 N–H and O–H groups in total. The number of benzene rings is 1. The zero-order valence-electron chi connectivity index (χ0n) is 13.1. The Morgan fingerprint density at radius 1 is 1.22 bits per heavy atom. The topological polar surface area (TPSA) is 63.7 Å². The summed E-state index contributed by atoms with van der Waals surface area (Å²) < 4.78 is 32.3. The highest BCUT2D eigenvalue weighted by atomic mass is 32.2. The largest absolute Gasteiger partial charge is 0.462 e. The van der Waals surface area contributed by atoms with E-state index in [-0.39, 0.29) is 10.9 Å². The molecule has 124 valence electrons. The molecule has 3 aliphatic rings. The lowest BCUT2D eigenvalue weighted by atomic mass is 9.79. The van der Waals surface area contributed by atoms with E-state index in [0.29, 0.717) is 30.6 Å². The third kappa shape index (κ3) is 2.22. The number of ether oxygens (including phenoxy) is 1. The molecular formula is C17H21NO4S. The van der Waals surface area contributed by atoms with Gasteiger partial charge in [-0.3, -0.25) is 0 Å². The van der Waals surface area contributed by atoms with Gasteiger partial charge in [0.25, 0.3) is 0 Å². The number of esters is 1. The molecule has 2 aliphatic carbocycles. The fraction of sp³-hybridized carbons (Fsp3) is 0.588. The Hall–Kier alpha value is -1.40. The lowest BCUT2D eigenvalue weighted by Crippen LogP contribution is -2.60. The maximum Gasteiger partial charge on any atom is 0.338 e. The summed E-state index contributed by atoms with van der Waals surface area (Å²) in [5, 5.41) is 0. The summed E-state index contributed by atoms with van der Waals surface area (Å²) in [7, 11) is -3.45. The van der Waals surface area contributed by atoms with Crippen molar-refractivity contribution in [2.45, 2.75) is 37.1 Å². The predicted octanol–water partition coefficient (Wildman–Crippen LogP) is 2.28. The normalized spacial score (nSPS) is 32.4. The third-order valence-corrected chi connectivity index (χ3v) is 7.61. The summed E-state index contributed by atoms with van der Waals surface area (Å²) in [5.41, 5.74) is 0.382. The fourth-order valence-electron chi connectivity index (χ4n) is 4.65. The van der Waals surface area contributed by atoms with Crippen molar-refractivity contribution in [1.82, 2.24) is 4.31 Å². The first-order chi connectivity index (χ1) is 11.0. The molecule has 0 amide bonds. The van der Waals surface area contributed by atoms with E-state index in [1.54, 1.807) is 11.2 Å². The fourth-order valence-corrected chi connectivity index (χ4v) is 6.42. The van der Waals surface area contributed by atoms with Crippen LogP contribution in [-0.4, -0.2) is 37.9 Å². The van der Waals surface area contributed by atoms with Crippen molar-refractivity contribution < 1.29 is 17.9 Å². The Bertz CT molecular complexity index is 725. The smallest absolute Gasteiger partial charge is 0.338 e. The second-order valence-corrected chi connectivity index (χ2v) is 8.70. The number of sulfonamides is 1. The van der Waals surface area contributed by atoms with Crippen molar-refractivity contribution in [3.63, 3.8) is 0 Å². The Labute approximate surface area is 136 Å². The average Bonchev–Trinajstić information content (AvgIpc) is 3.04. The highest BCUT2D eigenvalue weighted by Gasteiger charge is 2.59. The Kier molecular flexibility index (Phi) is 3.50. The highest BCUT2D eigenvalue weighted by molar-refractivity contribution is 7.89. The molecule has 4 atom stereocenters. The van der Waals surface area contributed by atoms with Gasteiger partial charge in [-0.05, 0) is 68.2 Å². The summed E-state index contributed by atoms with van der Waals surface area (Å²) in [4.78, 5) is 11.9. The summed E-state index contributed by atoms with van der Waals surface area (Å²) >= 11 is 0. The quantitative estimate of drug-likeness (QED) is 0.792. The van der Waals surface area contributed by atoms with E-state index in [1.807, 2.05) is 0 Å². The number of carbonyl (C=O) groups is 1. The molecule has 0 aromatic heterocycles. The average molecular weight is 335 g/mol. The minimum absolute atomic E-state index is 0.212. The summed E-state index contributed by atoms with van der Waals surface area (Å²) in [6, 6.07) is 6.30. The van der Waals surface area contributed by atoms with Crippen LogP contribution < -0.4 is 0 Å². The van der Waals surface area contributed by atoms with Gasteiger partial charge in [-0.25, -0.2) is 13.2 Å². The molecule has 1 aromatic carbocycles. The maximum atomic E-state index is 12.9. The second kappa shape index (κ2) is 5.31. The van der Waals surface area contributed by atoms with E-state index < -0.39 is 16.0 Å². The molecule has 2 saturated carbocycles. The zero-order valence-corrected chi connectivity index (χ0v) is 14.0. The van der Waals surface area contributed by atoms with Crippen molar-refractivity contribution in [3.05, 3.63) is 29.8 Å². The second-order valence-electron chi connectivity index (χ2n) is 6.81. The number of hydrogen-bond donors (Lipinski definition) is 0. The van der Waals surface area contributed by atoms with Crippen LogP contribution in [0.2, 0.25) is 0 Å². The zero-order chi connectivity index (χ0) is 16.2. The van der Waals surface area contributed by atoms with Crippen LogP contribution in [0.1, 0.15) is 36.5 Å². The maximum absolute atomic E-state index is 12.9. The molecule has 1 saturated heterocycles. The molecule has 1 aromatic rings. The summed E-state index contributed by atoms with van der Waals surface area (Å²) in [6.45, 7) is 2.71. The number of rotatable bonds is 4. The van der Waals surface area contributed by atoms with Crippen LogP contribution in [0.4, 0.5) is 0 Å². The van der Waals surface area contributed by atoms with Gasteiger partial charge in [0.2, 0.25) is 10.0 Å². The van der Waals surface area contributed by atoms with Crippen molar-refractivity contribution in [3.8, 4) is 0 Å². The standard InChI is InChI=1S/C17H21NO4S/c1-2-22-17(19)11-5-7-14(8-6-11)23(20,21)18-10-15-12-3-4-13(9-12)16(15)18/h5-8,12-13,15-16H,2-4,9-10H2,1H3/t12-,13-,15-,16+/m0/s1. The number of hydrogen-bond acceptors (Lipinski definition) is 4. The molecule has 0 spiro atoms. The number of carbonyl (C=O) groups excluding carboxylic acids is 1. The Morgan fingerprint density at radius 2 is 1.91 bits per heavy atom. The minimum Gasteiger partial charge on any atom is -0.462 e. The van der Waals surface area contributed by atoms with Gasteiger partial charge in [0.1, 0.15) is 0 Å². The lowest BCUT2D eigenvalue weighted by molar-refractivity contribution is 0.0505. The molecular weight excluding hydrogens is 314 g/mol. The first-order valence-electron chi connectivity index (χ1n) is 8.31. The molecule has 23 heavy (non-hydrogen) atoms. The first-order valence-corrected chi connectivity index (χ1v) is 9.75. The van der Waals surface area contributed by atoms with Crippen molar-refractivity contribution in [2.24, 2.45) is 17.8 Å². The molecule has 0 unspecified atom stereocenters. The van der Waals surface area contributed by atoms with Crippen molar-refractivity contribution in [1.29, 1.82) is 0 Å². The van der Waals surface area contributed by atoms with Crippen LogP contribution in [-0.2, 0) is 14.8 Å². The third-order valence-electron chi connectivity index (χ3n) is 5.74. The van der Waals surface area contributed by atoms with Gasteiger partial charge in [-0.1, -0.05) is 0 Å². The van der Waals surface area contributed by atoms with Crippen LogP contribution in [0.15, 0.2) is 29.2 Å². The van der Waals surface area contributed by atoms with Crippen LogP contribution in [0.3, 0.4) is 0 Å². The van der Waals surface area contributed by atoms with E-state index in [2.05, 4.69) is 0 Å². The van der Waals surface area contributed by atoms with Gasteiger partial charge in [-0.15, -0.1) is 0 Å². The molecule has 3 fully saturated rings. The molecule has 1 aliphatic heterocycles. The van der Waals surface area contributed by atoms with Gasteiger partial charge in [0.15, 0.2) is 0 Å². The van der Waals surface area contributed by atoms with Crippen molar-refractivity contribution >= 4 is 16.0 Å². The molecule has 4 rings (SSSR count). The molecule has 5 nitrogen and oxygen atoms in total. The number of nitrogens with zero attached hydrogens (tertiary/aromatic N) is 1. The van der Waals surface area contributed by atoms with Gasteiger partial charge in [0, 0.05) is 12.6 Å². The number of fused-ring (bicyclic) bond motifs is 5. The Balaban J connectivity index is 1.54. The summed E-state index contributed by atoms with van der Waals surface area (Å²) in [5.74, 6) is 1.44. The van der Waals surface area contributed by atoms with Crippen LogP contribution in [0.5, 0.6) is 0 Å². The highest BCUT2D eigenvalue weighted by Crippen LogP contribution is 2.56. The van der Waals surface area contributed by atoms with Crippen LogP contribution in [0.25, 0.3) is 0 Å². The SMILES string of the molecule is CCOC(=O)c1ccc(S(=O)(=O)N2C[C@H]3[C@H]4CC[C@@H](C4)[C@H]32)cc1. The Morgan fingerprint density at radius 3 is 2.57 bits per heavy atom. The van der Waals surface area contributed by atoms with E-state index in [4.69, 9.17) is 4.74 Å². The molecule has 2 bridgehead atoms. The van der Waals surface area contributed by atoms with Crippen LogP contribution >= 0.6 is 0 Å². The van der Waals surface area contributed by atoms with E-state index >= 15 is 0 Å². The van der Waals surface area contributed by atoms with Gasteiger partial charge in [-0.2, -0.15) is 4.31 Å². The molecule has 0 radical (unpaired) electrons. The first kappa shape index (κ1) is 15.1. The van der Waals surface area contributed by atoms with E-state index in [9.17, 15) is 13.2 Å². The lowest BCUT2D eigenvalue weighted by Gasteiger charge is -2.49. The van der Waals surface area contributed by atoms with E-state index in [1.165, 1.54) is 43.5 Å². The van der Waals surface area contributed by atoms with Crippen LogP contribution in [0, 0.1) is 17.8 Å². The van der Waals surface area contributed by atoms with E-state index in [0.717, 1.165) is 5.92 Å². The predicted molar refractivity (Wildman–Crippen MR) is 84.4 cm³/mol. The monoisotopic (exact) mass is 335 g/mol. The van der Waals surface area contributed by atoms with Gasteiger partial charge < -0.3 is 4.74 Å². The summed E-state index contributed by atoms with van der Waals surface area (Å²) in [6.07, 6.45) is 3.64. The minimum atomic E-state index is -3.45.